The van der Waals surface area contributed by atoms with Gasteiger partial charge in [-0.3, -0.25) is 14.2 Å². The zero-order valence-electron chi connectivity index (χ0n) is 15.3. The van der Waals surface area contributed by atoms with Crippen LogP contribution >= 0.6 is 23.5 Å². The van der Waals surface area contributed by atoms with Gasteiger partial charge in [-0.15, -0.1) is 11.8 Å². The van der Waals surface area contributed by atoms with Crippen molar-refractivity contribution in [3.63, 3.8) is 0 Å². The minimum Gasteiger partial charge on any atom is -0.468 e. The highest BCUT2D eigenvalue weighted by molar-refractivity contribution is 8.00. The van der Waals surface area contributed by atoms with Gasteiger partial charge in [-0.1, -0.05) is 43.3 Å². The Morgan fingerprint density at radius 1 is 1.42 bits per heavy atom. The first-order valence-electron chi connectivity index (χ1n) is 8.58. The number of nitrogens with zero attached hydrogens (tertiary/aromatic N) is 2. The van der Waals surface area contributed by atoms with E-state index >= 15 is 0 Å². The van der Waals surface area contributed by atoms with Crippen molar-refractivity contribution >= 4 is 29.5 Å². The first-order chi connectivity index (χ1) is 12.4. The van der Waals surface area contributed by atoms with Gasteiger partial charge in [-0.05, 0) is 25.5 Å². The van der Waals surface area contributed by atoms with Crippen molar-refractivity contribution in [2.45, 2.75) is 54.2 Å². The molecule has 0 unspecified atom stereocenters. The van der Waals surface area contributed by atoms with E-state index in [2.05, 4.69) is 6.92 Å². The van der Waals surface area contributed by atoms with Gasteiger partial charge in [0, 0.05) is 11.7 Å². The largest absolute Gasteiger partial charge is 0.468 e. The quantitative estimate of drug-likeness (QED) is 0.441. The molecule has 0 amide bonds. The van der Waals surface area contributed by atoms with Crippen molar-refractivity contribution in [1.29, 1.82) is 0 Å². The fraction of sp³-hybridized carbons (Fsp3) is 0.421. The Bertz CT molecular complexity index is 878. The Labute approximate surface area is 161 Å². The number of aryl methyl sites for hydroxylation is 1. The summed E-state index contributed by atoms with van der Waals surface area (Å²) >= 11 is 2.87. The van der Waals surface area contributed by atoms with Crippen molar-refractivity contribution in [3.8, 4) is 5.69 Å². The summed E-state index contributed by atoms with van der Waals surface area (Å²) in [4.78, 5) is 30.7. The first-order valence-corrected chi connectivity index (χ1v) is 10.3. The predicted molar refractivity (Wildman–Crippen MR) is 106 cm³/mol. The molecule has 0 saturated heterocycles. The van der Waals surface area contributed by atoms with Crippen LogP contribution in [-0.4, -0.2) is 33.1 Å². The van der Waals surface area contributed by atoms with Crippen LogP contribution in [0.1, 0.15) is 31.5 Å². The van der Waals surface area contributed by atoms with Crippen LogP contribution in [0.3, 0.4) is 0 Å². The smallest absolute Gasteiger partial charge is 0.319 e. The van der Waals surface area contributed by atoms with Crippen LogP contribution in [0.2, 0.25) is 0 Å². The number of rotatable bonds is 5. The second-order valence-corrected chi connectivity index (χ2v) is 8.94. The zero-order chi connectivity index (χ0) is 18.8. The average Bonchev–Trinajstić information content (AvgIpc) is 3.01. The zero-order valence-corrected chi connectivity index (χ0v) is 16.9. The van der Waals surface area contributed by atoms with Crippen LogP contribution in [0.4, 0.5) is 0 Å². The van der Waals surface area contributed by atoms with Crippen molar-refractivity contribution in [2.75, 3.05) is 7.11 Å². The summed E-state index contributed by atoms with van der Waals surface area (Å²) in [6.07, 6.45) is 1.37. The summed E-state index contributed by atoms with van der Waals surface area (Å²) in [6, 6.07) is 7.77. The van der Waals surface area contributed by atoms with Gasteiger partial charge in [0.25, 0.3) is 5.56 Å². The monoisotopic (exact) mass is 390 g/mol. The van der Waals surface area contributed by atoms with Crippen LogP contribution < -0.4 is 5.56 Å². The van der Waals surface area contributed by atoms with Gasteiger partial charge in [0.05, 0.1) is 23.4 Å². The summed E-state index contributed by atoms with van der Waals surface area (Å²) in [5.41, 5.74) is 2.65. The molecule has 0 fully saturated rings. The Balaban J connectivity index is 2.14. The number of thioether (sulfide) groups is 2. The number of fused-ring (bicyclic) bond motifs is 1. The number of methoxy groups -OCH3 is 1. The molecule has 3 rings (SSSR count). The van der Waals surface area contributed by atoms with E-state index in [1.165, 1.54) is 18.9 Å². The highest BCUT2D eigenvalue weighted by Crippen LogP contribution is 2.36. The standard InChI is InChI=1S/C19H22N2O3S2/c1-5-15(18(23)24-4)26-19-20-14-10-12(3)25-16(14)17(22)21(19)13-8-6-11(2)7-9-13/h6-9,12,15H,5,10H2,1-4H3/t12-,15+/m0/s1. The van der Waals surface area contributed by atoms with Gasteiger partial charge in [0.2, 0.25) is 0 Å². The molecule has 1 aromatic heterocycles. The lowest BCUT2D eigenvalue weighted by atomic mass is 10.2. The van der Waals surface area contributed by atoms with E-state index in [1.54, 1.807) is 16.3 Å². The minimum absolute atomic E-state index is 0.0598. The number of aromatic nitrogens is 2. The third kappa shape index (κ3) is 3.69. The molecule has 0 N–H and O–H groups in total. The molecule has 0 spiro atoms. The molecular formula is C19H22N2O3S2. The van der Waals surface area contributed by atoms with E-state index in [4.69, 9.17) is 9.72 Å². The molecule has 2 atom stereocenters. The minimum atomic E-state index is -0.395. The molecule has 0 saturated carbocycles. The van der Waals surface area contributed by atoms with E-state index in [0.717, 1.165) is 23.4 Å². The number of hydrogen-bond acceptors (Lipinski definition) is 6. The van der Waals surface area contributed by atoms with Crippen molar-refractivity contribution in [1.82, 2.24) is 9.55 Å². The van der Waals surface area contributed by atoms with Gasteiger partial charge in [0.1, 0.15) is 5.25 Å². The van der Waals surface area contributed by atoms with Gasteiger partial charge in [0.15, 0.2) is 5.16 Å². The summed E-state index contributed by atoms with van der Waals surface area (Å²) < 4.78 is 6.52. The molecule has 1 aliphatic heterocycles. The molecule has 0 radical (unpaired) electrons. The molecule has 0 aliphatic carbocycles. The number of esters is 1. The van der Waals surface area contributed by atoms with Crippen LogP contribution in [-0.2, 0) is 16.0 Å². The summed E-state index contributed by atoms with van der Waals surface area (Å²) in [7, 11) is 1.38. The SMILES string of the molecule is CC[C@@H](Sc1nc2c(c(=O)n1-c1ccc(C)cc1)S[C@@H](C)C2)C(=O)OC. The van der Waals surface area contributed by atoms with E-state index in [-0.39, 0.29) is 11.5 Å². The molecule has 0 bridgehead atoms. The predicted octanol–water partition coefficient (Wildman–Crippen LogP) is 3.62. The van der Waals surface area contributed by atoms with Crippen LogP contribution in [0.15, 0.2) is 39.1 Å². The molecule has 1 aromatic carbocycles. The summed E-state index contributed by atoms with van der Waals surface area (Å²) in [6.45, 7) is 6.03. The van der Waals surface area contributed by atoms with Crippen LogP contribution in [0, 0.1) is 6.92 Å². The highest BCUT2D eigenvalue weighted by atomic mass is 32.2. The van der Waals surface area contributed by atoms with E-state index in [9.17, 15) is 9.59 Å². The van der Waals surface area contributed by atoms with Crippen molar-refractivity contribution in [3.05, 3.63) is 45.9 Å². The van der Waals surface area contributed by atoms with Crippen molar-refractivity contribution < 1.29 is 9.53 Å². The second-order valence-electron chi connectivity index (χ2n) is 6.32. The fourth-order valence-electron chi connectivity index (χ4n) is 2.86. The maximum Gasteiger partial charge on any atom is 0.319 e. The van der Waals surface area contributed by atoms with E-state index in [0.29, 0.717) is 21.7 Å². The summed E-state index contributed by atoms with van der Waals surface area (Å²) in [5, 5.41) is 0.483. The summed E-state index contributed by atoms with van der Waals surface area (Å²) in [5.74, 6) is -0.301. The maximum absolute atomic E-state index is 13.2. The molecular weight excluding hydrogens is 368 g/mol. The van der Waals surface area contributed by atoms with Crippen LogP contribution in [0.25, 0.3) is 5.69 Å². The molecule has 26 heavy (non-hydrogen) atoms. The van der Waals surface area contributed by atoms with Gasteiger partial charge in [-0.25, -0.2) is 4.98 Å². The van der Waals surface area contributed by atoms with Crippen molar-refractivity contribution in [2.24, 2.45) is 0 Å². The number of hydrogen-bond donors (Lipinski definition) is 0. The third-order valence-corrected chi connectivity index (χ3v) is 6.77. The number of carbonyl (C=O) groups excluding carboxylic acids is 1. The van der Waals surface area contributed by atoms with E-state index in [1.807, 2.05) is 38.1 Å². The average molecular weight is 391 g/mol. The molecule has 2 heterocycles. The molecule has 5 nitrogen and oxygen atoms in total. The third-order valence-electron chi connectivity index (χ3n) is 4.26. The molecule has 138 valence electrons. The van der Waals surface area contributed by atoms with Gasteiger partial charge in [-0.2, -0.15) is 0 Å². The van der Waals surface area contributed by atoms with Gasteiger partial charge >= 0.3 is 5.97 Å². The molecule has 7 heteroatoms. The van der Waals surface area contributed by atoms with Crippen LogP contribution in [0.5, 0.6) is 0 Å². The lowest BCUT2D eigenvalue weighted by molar-refractivity contribution is -0.140. The first kappa shape index (κ1) is 19.0. The second kappa shape index (κ2) is 7.88. The Hall–Kier alpha value is -1.73. The topological polar surface area (TPSA) is 61.2 Å². The Kier molecular flexibility index (Phi) is 5.77. The lowest BCUT2D eigenvalue weighted by Gasteiger charge is -2.17. The number of ether oxygens (including phenoxy) is 1. The number of carbonyl (C=O) groups is 1. The lowest BCUT2D eigenvalue weighted by Crippen LogP contribution is -2.26. The fourth-order valence-corrected chi connectivity index (χ4v) is 5.03. The normalized spacial score (nSPS) is 17.0. The number of benzene rings is 1. The molecule has 2 aromatic rings. The highest BCUT2D eigenvalue weighted by Gasteiger charge is 2.29. The van der Waals surface area contributed by atoms with Gasteiger partial charge < -0.3 is 4.74 Å². The molecule has 1 aliphatic rings. The van der Waals surface area contributed by atoms with E-state index < -0.39 is 5.25 Å². The Morgan fingerprint density at radius 2 is 2.12 bits per heavy atom. The maximum atomic E-state index is 13.2. The Morgan fingerprint density at radius 3 is 2.73 bits per heavy atom.